The monoisotopic (exact) mass is 297 g/mol. The summed E-state index contributed by atoms with van der Waals surface area (Å²) < 4.78 is 0. The summed E-state index contributed by atoms with van der Waals surface area (Å²) >= 11 is 6.29. The zero-order chi connectivity index (χ0) is 15.2. The fourth-order valence-electron chi connectivity index (χ4n) is 2.11. The van der Waals surface area contributed by atoms with Gasteiger partial charge in [-0.2, -0.15) is 0 Å². The molecule has 1 nitrogen and oxygen atoms in total. The van der Waals surface area contributed by atoms with Gasteiger partial charge >= 0.3 is 0 Å². The minimum absolute atomic E-state index is 0.556. The van der Waals surface area contributed by atoms with E-state index in [4.69, 9.17) is 11.6 Å². The van der Waals surface area contributed by atoms with Crippen molar-refractivity contribution in [1.29, 1.82) is 0 Å². The molecule has 0 bridgehead atoms. The van der Waals surface area contributed by atoms with Gasteiger partial charge in [-0.15, -0.1) is 0 Å². The number of aliphatic imine (C=N–C) groups is 1. The third-order valence-electron chi connectivity index (χ3n) is 3.57. The Morgan fingerprint density at radius 3 is 2.19 bits per heavy atom. The fraction of sp³-hybridized carbons (Fsp3) is 0.211. The standard InChI is InChI=1S/C19H20ClN/c1-14(2)15(3)18-12-8-7-11-17(18)13-21-19(20)16-9-5-4-6-10-16/h4-12H,13H2,1-3H3. The van der Waals surface area contributed by atoms with Gasteiger partial charge in [0.25, 0.3) is 0 Å². The smallest absolute Gasteiger partial charge is 0.131 e. The van der Waals surface area contributed by atoms with Crippen molar-refractivity contribution in [2.75, 3.05) is 0 Å². The van der Waals surface area contributed by atoms with Crippen molar-refractivity contribution in [3.05, 3.63) is 76.9 Å². The molecule has 0 saturated carbocycles. The first kappa shape index (κ1) is 15.5. The van der Waals surface area contributed by atoms with Crippen LogP contribution in [0.3, 0.4) is 0 Å². The van der Waals surface area contributed by atoms with Crippen LogP contribution in [0.15, 0.2) is 65.2 Å². The number of hydrogen-bond donors (Lipinski definition) is 0. The Balaban J connectivity index is 2.27. The largest absolute Gasteiger partial charge is 0.268 e. The van der Waals surface area contributed by atoms with Gasteiger partial charge in [0, 0.05) is 5.56 Å². The van der Waals surface area contributed by atoms with Crippen molar-refractivity contribution in [2.24, 2.45) is 4.99 Å². The van der Waals surface area contributed by atoms with Crippen LogP contribution in [0.1, 0.15) is 37.5 Å². The second kappa shape index (κ2) is 7.24. The molecular weight excluding hydrogens is 278 g/mol. The second-order valence-corrected chi connectivity index (χ2v) is 5.61. The SMILES string of the molecule is CC(C)=C(C)c1ccccc1CN=C(Cl)c1ccccc1. The summed E-state index contributed by atoms with van der Waals surface area (Å²) in [5.74, 6) is 0. The van der Waals surface area contributed by atoms with Crippen LogP contribution in [0, 0.1) is 0 Å². The Kier molecular flexibility index (Phi) is 5.35. The van der Waals surface area contributed by atoms with Crippen LogP contribution < -0.4 is 0 Å². The topological polar surface area (TPSA) is 12.4 Å². The minimum atomic E-state index is 0.556. The Morgan fingerprint density at radius 2 is 1.52 bits per heavy atom. The highest BCUT2D eigenvalue weighted by Gasteiger charge is 2.05. The van der Waals surface area contributed by atoms with Crippen LogP contribution in [0.2, 0.25) is 0 Å². The highest BCUT2D eigenvalue weighted by Crippen LogP contribution is 2.23. The Bertz CT molecular complexity index is 665. The molecule has 0 aliphatic rings. The van der Waals surface area contributed by atoms with E-state index in [0.717, 1.165) is 5.56 Å². The van der Waals surface area contributed by atoms with Crippen LogP contribution in [-0.2, 0) is 6.54 Å². The molecule has 0 aliphatic carbocycles. The molecule has 0 atom stereocenters. The van der Waals surface area contributed by atoms with E-state index < -0.39 is 0 Å². The molecule has 2 heteroatoms. The van der Waals surface area contributed by atoms with E-state index in [1.165, 1.54) is 22.3 Å². The lowest BCUT2D eigenvalue weighted by atomic mass is 9.98. The number of hydrogen-bond acceptors (Lipinski definition) is 1. The van der Waals surface area contributed by atoms with E-state index in [1.807, 2.05) is 36.4 Å². The zero-order valence-corrected chi connectivity index (χ0v) is 13.5. The van der Waals surface area contributed by atoms with Gasteiger partial charge in [0.1, 0.15) is 5.17 Å². The lowest BCUT2D eigenvalue weighted by Crippen LogP contribution is -1.95. The van der Waals surface area contributed by atoms with Crippen molar-refractivity contribution in [3.8, 4) is 0 Å². The summed E-state index contributed by atoms with van der Waals surface area (Å²) in [6.45, 7) is 7.00. The number of nitrogens with zero attached hydrogens (tertiary/aromatic N) is 1. The molecule has 2 aromatic rings. The molecule has 0 unspecified atom stereocenters. The molecule has 0 aromatic heterocycles. The maximum atomic E-state index is 6.29. The summed E-state index contributed by atoms with van der Waals surface area (Å²) in [5.41, 5.74) is 6.02. The Morgan fingerprint density at radius 1 is 0.905 bits per heavy atom. The molecule has 0 spiro atoms. The summed E-state index contributed by atoms with van der Waals surface area (Å²) in [6, 6.07) is 18.2. The van der Waals surface area contributed by atoms with Gasteiger partial charge in [-0.3, -0.25) is 4.99 Å². The van der Waals surface area contributed by atoms with Gasteiger partial charge in [0.15, 0.2) is 0 Å². The third kappa shape index (κ3) is 4.05. The fourth-order valence-corrected chi connectivity index (χ4v) is 2.30. The van der Waals surface area contributed by atoms with Crippen molar-refractivity contribution in [2.45, 2.75) is 27.3 Å². The van der Waals surface area contributed by atoms with E-state index in [2.05, 4.69) is 44.0 Å². The predicted molar refractivity (Wildman–Crippen MR) is 92.9 cm³/mol. The van der Waals surface area contributed by atoms with Gasteiger partial charge in [0.05, 0.1) is 6.54 Å². The van der Waals surface area contributed by atoms with Crippen LogP contribution in [0.4, 0.5) is 0 Å². The highest BCUT2D eigenvalue weighted by atomic mass is 35.5. The van der Waals surface area contributed by atoms with Gasteiger partial charge in [-0.25, -0.2) is 0 Å². The maximum absolute atomic E-state index is 6.29. The normalized spacial score (nSPS) is 11.3. The molecule has 2 aromatic carbocycles. The van der Waals surface area contributed by atoms with Gasteiger partial charge < -0.3 is 0 Å². The zero-order valence-electron chi connectivity index (χ0n) is 12.7. The number of halogens is 1. The quantitative estimate of drug-likeness (QED) is 0.643. The molecule has 0 radical (unpaired) electrons. The van der Waals surface area contributed by atoms with Gasteiger partial charge in [-0.05, 0) is 37.5 Å². The van der Waals surface area contributed by atoms with Gasteiger partial charge in [-0.1, -0.05) is 71.8 Å². The average molecular weight is 298 g/mol. The molecule has 0 amide bonds. The molecule has 2 rings (SSSR count). The van der Waals surface area contributed by atoms with Crippen LogP contribution in [0.25, 0.3) is 5.57 Å². The summed E-state index contributed by atoms with van der Waals surface area (Å²) in [6.07, 6.45) is 0. The number of benzene rings is 2. The highest BCUT2D eigenvalue weighted by molar-refractivity contribution is 6.69. The van der Waals surface area contributed by atoms with Crippen molar-refractivity contribution < 1.29 is 0 Å². The van der Waals surface area contributed by atoms with E-state index >= 15 is 0 Å². The molecule has 0 aliphatic heterocycles. The second-order valence-electron chi connectivity index (χ2n) is 5.26. The number of rotatable bonds is 4. The number of allylic oxidation sites excluding steroid dienone is 2. The molecule has 0 fully saturated rings. The van der Waals surface area contributed by atoms with E-state index in [-0.39, 0.29) is 0 Å². The van der Waals surface area contributed by atoms with Crippen LogP contribution in [0.5, 0.6) is 0 Å². The van der Waals surface area contributed by atoms with Crippen molar-refractivity contribution >= 4 is 22.3 Å². The first-order chi connectivity index (χ1) is 10.1. The first-order valence-electron chi connectivity index (χ1n) is 7.07. The predicted octanol–water partition coefficient (Wildman–Crippen LogP) is 5.69. The summed E-state index contributed by atoms with van der Waals surface area (Å²) in [5, 5.41) is 0.556. The Labute approximate surface area is 132 Å². The van der Waals surface area contributed by atoms with Crippen LogP contribution >= 0.6 is 11.6 Å². The third-order valence-corrected chi connectivity index (χ3v) is 3.91. The lowest BCUT2D eigenvalue weighted by molar-refractivity contribution is 1.06. The molecule has 0 heterocycles. The van der Waals surface area contributed by atoms with Gasteiger partial charge in [0.2, 0.25) is 0 Å². The molecule has 0 N–H and O–H groups in total. The van der Waals surface area contributed by atoms with Crippen molar-refractivity contribution in [1.82, 2.24) is 0 Å². The van der Waals surface area contributed by atoms with E-state index in [0.29, 0.717) is 11.7 Å². The Hall–Kier alpha value is -1.86. The molecule has 0 saturated heterocycles. The lowest BCUT2D eigenvalue weighted by Gasteiger charge is -2.10. The maximum Gasteiger partial charge on any atom is 0.131 e. The molecule has 21 heavy (non-hydrogen) atoms. The van der Waals surface area contributed by atoms with Crippen molar-refractivity contribution in [3.63, 3.8) is 0 Å². The first-order valence-corrected chi connectivity index (χ1v) is 7.45. The summed E-state index contributed by atoms with van der Waals surface area (Å²) in [4.78, 5) is 4.53. The van der Waals surface area contributed by atoms with E-state index in [1.54, 1.807) is 0 Å². The van der Waals surface area contributed by atoms with Crippen LogP contribution in [-0.4, -0.2) is 5.17 Å². The summed E-state index contributed by atoms with van der Waals surface area (Å²) in [7, 11) is 0. The van der Waals surface area contributed by atoms with E-state index in [9.17, 15) is 0 Å². The molecular formula is C19H20ClN. The molecule has 108 valence electrons. The average Bonchev–Trinajstić information content (AvgIpc) is 2.53. The minimum Gasteiger partial charge on any atom is -0.268 e.